The van der Waals surface area contributed by atoms with Gasteiger partial charge in [0.1, 0.15) is 11.3 Å². The lowest BCUT2D eigenvalue weighted by Gasteiger charge is -2.10. The van der Waals surface area contributed by atoms with E-state index < -0.39 is 0 Å². The van der Waals surface area contributed by atoms with Gasteiger partial charge in [-0.05, 0) is 41.1 Å². The number of pyridine rings is 1. The highest BCUT2D eigenvalue weighted by Crippen LogP contribution is 2.36. The molecule has 0 spiro atoms. The molecule has 1 aromatic carbocycles. The number of nitrogen functional groups attached to an aromatic ring is 1. The van der Waals surface area contributed by atoms with Gasteiger partial charge in [0.25, 0.3) is 0 Å². The van der Waals surface area contributed by atoms with E-state index in [1.165, 1.54) is 0 Å². The van der Waals surface area contributed by atoms with Crippen molar-refractivity contribution in [3.05, 3.63) is 39.5 Å². The summed E-state index contributed by atoms with van der Waals surface area (Å²) in [4.78, 5) is 8.80. The van der Waals surface area contributed by atoms with E-state index in [-0.39, 0.29) is 0 Å². The van der Waals surface area contributed by atoms with Crippen molar-refractivity contribution in [3.63, 3.8) is 0 Å². The largest absolute Gasteiger partial charge is 0.397 e. The molecule has 0 unspecified atom stereocenters. The molecule has 0 saturated heterocycles. The van der Waals surface area contributed by atoms with Crippen molar-refractivity contribution in [3.8, 4) is 11.4 Å². The van der Waals surface area contributed by atoms with Crippen LogP contribution in [0.3, 0.4) is 0 Å². The van der Waals surface area contributed by atoms with Crippen LogP contribution in [0.15, 0.2) is 39.5 Å². The minimum atomic E-state index is 0.686. The Hall–Kier alpha value is -1.40. The summed E-state index contributed by atoms with van der Waals surface area (Å²) in [6.07, 6.45) is 3.55. The Bertz CT molecular complexity index is 795. The number of benzene rings is 1. The second-order valence-corrected chi connectivity index (χ2v) is 6.16. The SMILES string of the molecule is CCn1c(-c2cc(Br)cc(Br)c2N)nc2cnccc21. The van der Waals surface area contributed by atoms with Crippen molar-refractivity contribution >= 4 is 48.6 Å². The predicted molar refractivity (Wildman–Crippen MR) is 88.5 cm³/mol. The van der Waals surface area contributed by atoms with Crippen molar-refractivity contribution in [2.75, 3.05) is 5.73 Å². The molecule has 20 heavy (non-hydrogen) atoms. The number of hydrogen-bond donors (Lipinski definition) is 1. The summed E-state index contributed by atoms with van der Waals surface area (Å²) in [5.74, 6) is 0.856. The third-order valence-corrected chi connectivity index (χ3v) is 4.32. The Morgan fingerprint density at radius 2 is 2.10 bits per heavy atom. The molecule has 102 valence electrons. The molecule has 0 aliphatic rings. The standard InChI is InChI=1S/C14H12Br2N4/c1-2-20-12-3-4-18-7-11(12)19-14(20)9-5-8(15)6-10(16)13(9)17/h3-7H,2,17H2,1H3. The highest BCUT2D eigenvalue weighted by atomic mass is 79.9. The topological polar surface area (TPSA) is 56.7 Å². The maximum Gasteiger partial charge on any atom is 0.143 e. The van der Waals surface area contributed by atoms with Gasteiger partial charge >= 0.3 is 0 Å². The number of nitrogens with zero attached hydrogens (tertiary/aromatic N) is 3. The zero-order valence-electron chi connectivity index (χ0n) is 10.8. The minimum absolute atomic E-state index is 0.686. The molecule has 0 fully saturated rings. The van der Waals surface area contributed by atoms with Crippen LogP contribution < -0.4 is 5.73 Å². The molecule has 3 rings (SSSR count). The van der Waals surface area contributed by atoms with E-state index in [2.05, 4.69) is 53.3 Å². The molecular formula is C14H12Br2N4. The van der Waals surface area contributed by atoms with Gasteiger partial charge in [0.2, 0.25) is 0 Å². The van der Waals surface area contributed by atoms with Crippen molar-refractivity contribution in [1.82, 2.24) is 14.5 Å². The van der Waals surface area contributed by atoms with Gasteiger partial charge in [-0.3, -0.25) is 4.98 Å². The normalized spacial score (nSPS) is 11.2. The Kier molecular flexibility index (Phi) is 3.52. The minimum Gasteiger partial charge on any atom is -0.397 e. The summed E-state index contributed by atoms with van der Waals surface area (Å²) in [5, 5.41) is 0. The van der Waals surface area contributed by atoms with Crippen LogP contribution in [0.25, 0.3) is 22.4 Å². The Labute approximate surface area is 133 Å². The summed E-state index contributed by atoms with van der Waals surface area (Å²) in [6.45, 7) is 2.91. The molecule has 0 bridgehead atoms. The van der Waals surface area contributed by atoms with Crippen LogP contribution in [0.4, 0.5) is 5.69 Å². The lowest BCUT2D eigenvalue weighted by atomic mass is 10.1. The van der Waals surface area contributed by atoms with Crippen LogP contribution in [0, 0.1) is 0 Å². The molecular weight excluding hydrogens is 384 g/mol. The fraction of sp³-hybridized carbons (Fsp3) is 0.143. The Balaban J connectivity index is 2.35. The van der Waals surface area contributed by atoms with Crippen molar-refractivity contribution in [2.24, 2.45) is 0 Å². The second-order valence-electron chi connectivity index (χ2n) is 4.39. The number of halogens is 2. The van der Waals surface area contributed by atoms with Gasteiger partial charge in [0, 0.05) is 27.3 Å². The fourth-order valence-corrected chi connectivity index (χ4v) is 3.50. The lowest BCUT2D eigenvalue weighted by molar-refractivity contribution is 0.796. The molecule has 2 aromatic heterocycles. The van der Waals surface area contributed by atoms with E-state index in [1.54, 1.807) is 12.4 Å². The molecule has 2 N–H and O–H groups in total. The van der Waals surface area contributed by atoms with Gasteiger partial charge in [0.15, 0.2) is 0 Å². The molecule has 3 aromatic rings. The second kappa shape index (κ2) is 5.18. The average Bonchev–Trinajstić information content (AvgIpc) is 2.81. The first-order valence-corrected chi connectivity index (χ1v) is 7.75. The fourth-order valence-electron chi connectivity index (χ4n) is 2.28. The number of imidazole rings is 1. The van der Waals surface area contributed by atoms with E-state index in [4.69, 9.17) is 5.73 Å². The summed E-state index contributed by atoms with van der Waals surface area (Å²) in [5.41, 5.74) is 9.72. The van der Waals surface area contributed by atoms with E-state index in [0.717, 1.165) is 37.9 Å². The third-order valence-electron chi connectivity index (χ3n) is 3.20. The number of hydrogen-bond acceptors (Lipinski definition) is 3. The van der Waals surface area contributed by atoms with Gasteiger partial charge in [0.05, 0.1) is 17.4 Å². The molecule has 0 saturated carbocycles. The van der Waals surface area contributed by atoms with Gasteiger partial charge in [-0.15, -0.1) is 0 Å². The van der Waals surface area contributed by atoms with E-state index in [0.29, 0.717) is 5.69 Å². The van der Waals surface area contributed by atoms with Gasteiger partial charge in [-0.2, -0.15) is 0 Å². The average molecular weight is 396 g/mol. The van der Waals surface area contributed by atoms with Crippen molar-refractivity contribution in [1.29, 1.82) is 0 Å². The lowest BCUT2D eigenvalue weighted by Crippen LogP contribution is -2.00. The number of fused-ring (bicyclic) bond motifs is 1. The highest BCUT2D eigenvalue weighted by molar-refractivity contribution is 9.11. The first-order valence-electron chi connectivity index (χ1n) is 6.17. The van der Waals surface area contributed by atoms with Gasteiger partial charge < -0.3 is 10.3 Å². The number of aryl methyl sites for hydroxylation is 1. The Morgan fingerprint density at radius 3 is 2.85 bits per heavy atom. The van der Waals surface area contributed by atoms with Crippen LogP contribution in [0.2, 0.25) is 0 Å². The van der Waals surface area contributed by atoms with E-state index in [9.17, 15) is 0 Å². The smallest absolute Gasteiger partial charge is 0.143 e. The van der Waals surface area contributed by atoms with E-state index in [1.807, 2.05) is 18.2 Å². The molecule has 0 amide bonds. The number of anilines is 1. The van der Waals surface area contributed by atoms with Gasteiger partial charge in [-0.25, -0.2) is 4.98 Å². The summed E-state index contributed by atoms with van der Waals surface area (Å²) < 4.78 is 3.96. The molecule has 2 heterocycles. The molecule has 0 aliphatic heterocycles. The van der Waals surface area contributed by atoms with Crippen LogP contribution in [0.1, 0.15) is 6.92 Å². The maximum atomic E-state index is 6.19. The van der Waals surface area contributed by atoms with Crippen molar-refractivity contribution < 1.29 is 0 Å². The highest BCUT2D eigenvalue weighted by Gasteiger charge is 2.16. The maximum absolute atomic E-state index is 6.19. The van der Waals surface area contributed by atoms with Crippen LogP contribution in [-0.4, -0.2) is 14.5 Å². The first kappa shape index (κ1) is 13.6. The molecule has 6 heteroatoms. The van der Waals surface area contributed by atoms with Gasteiger partial charge in [-0.1, -0.05) is 15.9 Å². The zero-order valence-corrected chi connectivity index (χ0v) is 13.9. The monoisotopic (exact) mass is 394 g/mol. The number of nitrogens with two attached hydrogens (primary N) is 1. The first-order chi connectivity index (χ1) is 9.61. The third kappa shape index (κ3) is 2.13. The summed E-state index contributed by atoms with van der Waals surface area (Å²) in [7, 11) is 0. The molecule has 0 aliphatic carbocycles. The summed E-state index contributed by atoms with van der Waals surface area (Å²) in [6, 6.07) is 5.89. The quantitative estimate of drug-likeness (QED) is 0.660. The summed E-state index contributed by atoms with van der Waals surface area (Å²) >= 11 is 6.98. The molecule has 0 radical (unpaired) electrons. The predicted octanol–water partition coefficient (Wildman–Crippen LogP) is 4.23. The molecule has 0 atom stereocenters. The zero-order chi connectivity index (χ0) is 14.3. The molecule has 4 nitrogen and oxygen atoms in total. The van der Waals surface area contributed by atoms with Crippen LogP contribution in [0.5, 0.6) is 0 Å². The van der Waals surface area contributed by atoms with E-state index >= 15 is 0 Å². The number of rotatable bonds is 2. The number of aromatic nitrogens is 3. The van der Waals surface area contributed by atoms with Crippen LogP contribution in [-0.2, 0) is 6.54 Å². The Morgan fingerprint density at radius 1 is 1.30 bits per heavy atom. The van der Waals surface area contributed by atoms with Crippen LogP contribution >= 0.6 is 31.9 Å². The van der Waals surface area contributed by atoms with Crippen molar-refractivity contribution in [2.45, 2.75) is 13.5 Å².